The highest BCUT2D eigenvalue weighted by atomic mass is 32.2. The van der Waals surface area contributed by atoms with E-state index in [1.54, 1.807) is 0 Å². The van der Waals surface area contributed by atoms with E-state index in [2.05, 4.69) is 10.4 Å². The van der Waals surface area contributed by atoms with Crippen LogP contribution in [0, 0.1) is 0 Å². The summed E-state index contributed by atoms with van der Waals surface area (Å²) in [5.74, 6) is -0.463. The first kappa shape index (κ1) is 14.2. The van der Waals surface area contributed by atoms with Gasteiger partial charge in [-0.1, -0.05) is 0 Å². The lowest BCUT2D eigenvalue weighted by Crippen LogP contribution is -2.27. The first-order chi connectivity index (χ1) is 9.27. The molecule has 8 nitrogen and oxygen atoms in total. The fourth-order valence-corrected chi connectivity index (χ4v) is 2.14. The van der Waals surface area contributed by atoms with Crippen molar-refractivity contribution in [2.24, 2.45) is 5.10 Å². The third-order valence-electron chi connectivity index (χ3n) is 2.48. The van der Waals surface area contributed by atoms with E-state index in [1.807, 2.05) is 0 Å². The molecule has 0 spiro atoms. The normalized spacial score (nSPS) is 15.2. The zero-order valence-corrected chi connectivity index (χ0v) is 11.2. The van der Waals surface area contributed by atoms with E-state index in [0.717, 1.165) is 17.1 Å². The molecule has 2 rings (SSSR count). The number of amides is 2. The Balaban J connectivity index is 2.26. The number of rotatable bonds is 2. The number of carbonyl (C=O) groups excluding carboxylic acids is 2. The van der Waals surface area contributed by atoms with Crippen LogP contribution >= 0.6 is 0 Å². The number of amidine groups is 1. The topological polar surface area (TPSA) is 116 Å². The fraction of sp³-hybridized carbons (Fsp3) is 0.182. The highest BCUT2D eigenvalue weighted by Gasteiger charge is 2.26. The standard InChI is InChI=1S/C11H11N3O5S/c1-7(15)12-10-6-11(16)14(13-10)8-2-4-9(5-3-8)20(17,18)19/h2-5H,6H2,1H3,(H,12,13,15)(H,17,18,19). The van der Waals surface area contributed by atoms with Crippen molar-refractivity contribution in [2.45, 2.75) is 18.2 Å². The molecule has 2 amide bonds. The van der Waals surface area contributed by atoms with E-state index in [1.165, 1.54) is 19.1 Å². The lowest BCUT2D eigenvalue weighted by molar-refractivity contribution is -0.117. The molecule has 1 aromatic carbocycles. The predicted octanol–water partition coefficient (Wildman–Crippen LogP) is 0.120. The van der Waals surface area contributed by atoms with Crippen LogP contribution in [-0.4, -0.2) is 30.6 Å². The van der Waals surface area contributed by atoms with Gasteiger partial charge in [-0.15, -0.1) is 0 Å². The summed E-state index contributed by atoms with van der Waals surface area (Å²) in [4.78, 5) is 22.4. The van der Waals surface area contributed by atoms with E-state index >= 15 is 0 Å². The number of carbonyl (C=O) groups is 2. The molecule has 0 saturated heterocycles. The quantitative estimate of drug-likeness (QED) is 0.752. The Kier molecular flexibility index (Phi) is 3.55. The Bertz CT molecular complexity index is 693. The summed E-state index contributed by atoms with van der Waals surface area (Å²) in [6, 6.07) is 4.98. The molecule has 0 radical (unpaired) electrons. The van der Waals surface area contributed by atoms with Crippen molar-refractivity contribution in [3.63, 3.8) is 0 Å². The van der Waals surface area contributed by atoms with Crippen molar-refractivity contribution in [3.05, 3.63) is 24.3 Å². The maximum absolute atomic E-state index is 11.7. The van der Waals surface area contributed by atoms with Crippen molar-refractivity contribution in [2.75, 3.05) is 5.01 Å². The molecule has 1 aliphatic heterocycles. The molecule has 20 heavy (non-hydrogen) atoms. The molecule has 0 aliphatic carbocycles. The van der Waals surface area contributed by atoms with Gasteiger partial charge in [0, 0.05) is 6.92 Å². The number of hydrogen-bond donors (Lipinski definition) is 2. The zero-order chi connectivity index (χ0) is 14.9. The molecule has 1 aliphatic rings. The van der Waals surface area contributed by atoms with Gasteiger partial charge in [0.15, 0.2) is 0 Å². The Labute approximate surface area is 114 Å². The fourth-order valence-electron chi connectivity index (χ4n) is 1.66. The second kappa shape index (κ2) is 5.02. The SMILES string of the molecule is CC(=O)NC1=NN(c2ccc(S(=O)(=O)O)cc2)C(=O)C1. The van der Waals surface area contributed by atoms with Crippen molar-refractivity contribution in [3.8, 4) is 0 Å². The zero-order valence-electron chi connectivity index (χ0n) is 10.4. The van der Waals surface area contributed by atoms with E-state index < -0.39 is 10.1 Å². The highest BCUT2D eigenvalue weighted by Crippen LogP contribution is 2.21. The minimum Gasteiger partial charge on any atom is -0.313 e. The maximum atomic E-state index is 11.7. The Hall–Kier alpha value is -2.26. The van der Waals surface area contributed by atoms with Gasteiger partial charge in [-0.2, -0.15) is 18.5 Å². The van der Waals surface area contributed by atoms with Gasteiger partial charge in [-0.3, -0.25) is 14.1 Å². The van der Waals surface area contributed by atoms with Gasteiger partial charge in [-0.25, -0.2) is 0 Å². The Morgan fingerprint density at radius 3 is 2.45 bits per heavy atom. The van der Waals surface area contributed by atoms with Gasteiger partial charge in [0.25, 0.3) is 16.0 Å². The molecule has 0 saturated carbocycles. The molecular weight excluding hydrogens is 286 g/mol. The third kappa shape index (κ3) is 3.00. The number of benzene rings is 1. The van der Waals surface area contributed by atoms with Crippen molar-refractivity contribution in [1.29, 1.82) is 0 Å². The maximum Gasteiger partial charge on any atom is 0.294 e. The average molecular weight is 297 g/mol. The van der Waals surface area contributed by atoms with Crippen LogP contribution in [0.2, 0.25) is 0 Å². The smallest absolute Gasteiger partial charge is 0.294 e. The number of hydrogen-bond acceptors (Lipinski definition) is 5. The van der Waals surface area contributed by atoms with Gasteiger partial charge in [0.1, 0.15) is 5.84 Å². The van der Waals surface area contributed by atoms with Gasteiger partial charge >= 0.3 is 0 Å². The molecule has 1 aromatic rings. The summed E-state index contributed by atoms with van der Waals surface area (Å²) in [6.45, 7) is 1.30. The van der Waals surface area contributed by atoms with Crippen LogP contribution in [-0.2, 0) is 19.7 Å². The molecule has 0 fully saturated rings. The van der Waals surface area contributed by atoms with Crippen LogP contribution in [0.1, 0.15) is 13.3 Å². The second-order valence-electron chi connectivity index (χ2n) is 4.08. The largest absolute Gasteiger partial charge is 0.313 e. The molecular formula is C11H11N3O5S. The molecule has 2 N–H and O–H groups in total. The second-order valence-corrected chi connectivity index (χ2v) is 5.50. The van der Waals surface area contributed by atoms with Gasteiger partial charge in [0.2, 0.25) is 5.91 Å². The average Bonchev–Trinajstić information content (AvgIpc) is 2.68. The van der Waals surface area contributed by atoms with E-state index in [-0.39, 0.29) is 29.0 Å². The van der Waals surface area contributed by atoms with Crippen LogP contribution in [0.25, 0.3) is 0 Å². The molecule has 106 valence electrons. The number of hydrazone groups is 1. The molecule has 0 aromatic heterocycles. The summed E-state index contributed by atoms with van der Waals surface area (Å²) in [7, 11) is -4.28. The van der Waals surface area contributed by atoms with E-state index in [9.17, 15) is 18.0 Å². The van der Waals surface area contributed by atoms with Gasteiger partial charge in [0.05, 0.1) is 17.0 Å². The molecule has 0 atom stereocenters. The van der Waals surface area contributed by atoms with Crippen LogP contribution in [0.15, 0.2) is 34.3 Å². The highest BCUT2D eigenvalue weighted by molar-refractivity contribution is 7.85. The van der Waals surface area contributed by atoms with Crippen molar-refractivity contribution < 1.29 is 22.6 Å². The summed E-state index contributed by atoms with van der Waals surface area (Å²) in [5.41, 5.74) is 0.336. The van der Waals surface area contributed by atoms with Crippen LogP contribution < -0.4 is 10.3 Å². The van der Waals surface area contributed by atoms with Crippen LogP contribution in [0.4, 0.5) is 5.69 Å². The lowest BCUT2D eigenvalue weighted by Gasteiger charge is -2.11. The minimum atomic E-state index is -4.28. The first-order valence-corrected chi connectivity index (χ1v) is 6.97. The lowest BCUT2D eigenvalue weighted by atomic mass is 10.3. The van der Waals surface area contributed by atoms with Crippen molar-refractivity contribution >= 4 is 33.5 Å². The molecule has 1 heterocycles. The Morgan fingerprint density at radius 2 is 1.95 bits per heavy atom. The van der Waals surface area contributed by atoms with Crippen LogP contribution in [0.5, 0.6) is 0 Å². The van der Waals surface area contributed by atoms with E-state index in [4.69, 9.17) is 4.55 Å². The minimum absolute atomic E-state index is 0.0420. The summed E-state index contributed by atoms with van der Waals surface area (Å²) in [6.07, 6.45) is -0.0420. The van der Waals surface area contributed by atoms with Crippen LogP contribution in [0.3, 0.4) is 0 Å². The monoisotopic (exact) mass is 297 g/mol. The van der Waals surface area contributed by atoms with Crippen molar-refractivity contribution in [1.82, 2.24) is 5.32 Å². The number of nitrogens with zero attached hydrogens (tertiary/aromatic N) is 2. The first-order valence-electron chi connectivity index (χ1n) is 5.53. The van der Waals surface area contributed by atoms with Gasteiger partial charge in [-0.05, 0) is 24.3 Å². The summed E-state index contributed by atoms with van der Waals surface area (Å²) < 4.78 is 30.7. The Morgan fingerprint density at radius 1 is 1.35 bits per heavy atom. The van der Waals surface area contributed by atoms with Gasteiger partial charge < -0.3 is 5.32 Å². The molecule has 0 unspecified atom stereocenters. The third-order valence-corrected chi connectivity index (χ3v) is 3.34. The summed E-state index contributed by atoms with van der Waals surface area (Å²) in [5, 5.41) is 7.40. The molecule has 0 bridgehead atoms. The van der Waals surface area contributed by atoms with E-state index in [0.29, 0.717) is 5.69 Å². The molecule has 9 heteroatoms. The predicted molar refractivity (Wildman–Crippen MR) is 69.6 cm³/mol. The number of nitrogens with one attached hydrogen (secondary N) is 1. The number of anilines is 1. The summed E-state index contributed by atoms with van der Waals surface area (Å²) >= 11 is 0.